The number of nitrogens with zero attached hydrogens (tertiary/aromatic N) is 4. The summed E-state index contributed by atoms with van der Waals surface area (Å²) in [6.45, 7) is 6.54. The van der Waals surface area contributed by atoms with Crippen molar-refractivity contribution in [3.8, 4) is 11.4 Å². The van der Waals surface area contributed by atoms with Gasteiger partial charge in [0, 0.05) is 62.6 Å². The van der Waals surface area contributed by atoms with E-state index in [9.17, 15) is 4.79 Å². The Kier molecular flexibility index (Phi) is 9.07. The fourth-order valence-corrected chi connectivity index (χ4v) is 4.65. The molecular formula is C28H37ClN4O2. The number of unbranched alkanes of at least 4 members (excludes halogenated alkanes) is 3. The second-order valence-electron chi connectivity index (χ2n) is 9.55. The number of rotatable bonds is 11. The van der Waals surface area contributed by atoms with Crippen LogP contribution >= 0.6 is 11.6 Å². The van der Waals surface area contributed by atoms with Gasteiger partial charge >= 0.3 is 0 Å². The molecule has 1 saturated heterocycles. The Morgan fingerprint density at radius 2 is 1.63 bits per heavy atom. The van der Waals surface area contributed by atoms with E-state index in [0.29, 0.717) is 6.54 Å². The third-order valence-corrected chi connectivity index (χ3v) is 6.98. The zero-order valence-corrected chi connectivity index (χ0v) is 21.7. The topological polar surface area (TPSA) is 41.0 Å². The van der Waals surface area contributed by atoms with Crippen LogP contribution in [-0.4, -0.2) is 85.1 Å². The standard InChI is InChI=1S/C28H37ClN4O2/c1-30(2)28(34)22-32-18-16-31(17-19-32)14-5-3-4-6-20-35-26-11-12-27-23(21-26)13-15-33(27)25-9-7-24(29)8-10-25/h7-13,15,21H,3-6,14,16-20,22H2,1-2H3. The van der Waals surface area contributed by atoms with Crippen LogP contribution in [0.5, 0.6) is 5.75 Å². The van der Waals surface area contributed by atoms with Crippen molar-refractivity contribution in [1.82, 2.24) is 19.3 Å². The molecule has 7 heteroatoms. The lowest BCUT2D eigenvalue weighted by molar-refractivity contribution is -0.130. The number of hydrogen-bond acceptors (Lipinski definition) is 4. The molecule has 0 atom stereocenters. The van der Waals surface area contributed by atoms with Crippen LogP contribution in [0.25, 0.3) is 16.6 Å². The van der Waals surface area contributed by atoms with E-state index in [4.69, 9.17) is 16.3 Å². The highest BCUT2D eigenvalue weighted by Gasteiger charge is 2.19. The summed E-state index contributed by atoms with van der Waals surface area (Å²) in [7, 11) is 3.65. The van der Waals surface area contributed by atoms with Crippen LogP contribution in [0.15, 0.2) is 54.7 Å². The lowest BCUT2D eigenvalue weighted by Crippen LogP contribution is -2.49. The molecule has 0 bridgehead atoms. The van der Waals surface area contributed by atoms with Gasteiger partial charge in [0.05, 0.1) is 18.7 Å². The maximum absolute atomic E-state index is 11.9. The van der Waals surface area contributed by atoms with Gasteiger partial charge in [0.25, 0.3) is 0 Å². The minimum absolute atomic E-state index is 0.192. The molecule has 0 unspecified atom stereocenters. The number of carbonyl (C=O) groups excluding carboxylic acids is 1. The number of amides is 1. The number of piperazine rings is 1. The molecule has 35 heavy (non-hydrogen) atoms. The van der Waals surface area contributed by atoms with E-state index in [2.05, 4.69) is 44.8 Å². The molecule has 0 radical (unpaired) electrons. The second kappa shape index (κ2) is 12.4. The van der Waals surface area contributed by atoms with Crippen LogP contribution in [0, 0.1) is 0 Å². The van der Waals surface area contributed by atoms with Crippen LogP contribution in [0.4, 0.5) is 0 Å². The number of benzene rings is 2. The van der Waals surface area contributed by atoms with E-state index < -0.39 is 0 Å². The highest BCUT2D eigenvalue weighted by molar-refractivity contribution is 6.30. The van der Waals surface area contributed by atoms with Crippen LogP contribution in [-0.2, 0) is 4.79 Å². The Hall–Kier alpha value is -2.54. The van der Waals surface area contributed by atoms with Crippen molar-refractivity contribution in [2.45, 2.75) is 25.7 Å². The molecule has 1 aromatic heterocycles. The number of ether oxygens (including phenoxy) is 1. The lowest BCUT2D eigenvalue weighted by atomic mass is 10.2. The van der Waals surface area contributed by atoms with Gasteiger partial charge in [0.1, 0.15) is 5.75 Å². The average molecular weight is 497 g/mol. The van der Waals surface area contributed by atoms with E-state index in [1.54, 1.807) is 4.90 Å². The molecule has 6 nitrogen and oxygen atoms in total. The first-order valence-electron chi connectivity index (χ1n) is 12.6. The molecule has 1 fully saturated rings. The zero-order valence-electron chi connectivity index (χ0n) is 21.0. The van der Waals surface area contributed by atoms with Crippen molar-refractivity contribution in [1.29, 1.82) is 0 Å². The third-order valence-electron chi connectivity index (χ3n) is 6.73. The van der Waals surface area contributed by atoms with E-state index >= 15 is 0 Å². The molecule has 1 aliphatic heterocycles. The second-order valence-corrected chi connectivity index (χ2v) is 9.99. The Labute approximate surface area is 214 Å². The van der Waals surface area contributed by atoms with Gasteiger partial charge in [-0.3, -0.25) is 9.69 Å². The first kappa shape index (κ1) is 25.5. The quantitative estimate of drug-likeness (QED) is 0.353. The molecule has 3 aromatic rings. The van der Waals surface area contributed by atoms with Crippen molar-refractivity contribution in [2.75, 3.05) is 60.0 Å². The van der Waals surface area contributed by atoms with Crippen LogP contribution < -0.4 is 4.74 Å². The average Bonchev–Trinajstić information content (AvgIpc) is 3.28. The van der Waals surface area contributed by atoms with E-state index in [-0.39, 0.29) is 5.91 Å². The molecule has 0 N–H and O–H groups in total. The SMILES string of the molecule is CN(C)C(=O)CN1CCN(CCCCCCOc2ccc3c(ccn3-c3ccc(Cl)cc3)c2)CC1. The number of hydrogen-bond donors (Lipinski definition) is 0. The first-order valence-corrected chi connectivity index (χ1v) is 13.0. The molecule has 1 amide bonds. The fourth-order valence-electron chi connectivity index (χ4n) is 4.52. The summed E-state index contributed by atoms with van der Waals surface area (Å²) >= 11 is 6.02. The molecule has 0 saturated carbocycles. The molecule has 188 valence electrons. The minimum atomic E-state index is 0.192. The summed E-state index contributed by atoms with van der Waals surface area (Å²) in [6, 6.07) is 16.3. The van der Waals surface area contributed by atoms with Crippen LogP contribution in [0.1, 0.15) is 25.7 Å². The van der Waals surface area contributed by atoms with Crippen LogP contribution in [0.2, 0.25) is 5.02 Å². The summed E-state index contributed by atoms with van der Waals surface area (Å²) in [5.41, 5.74) is 2.25. The summed E-state index contributed by atoms with van der Waals surface area (Å²) < 4.78 is 8.19. The van der Waals surface area contributed by atoms with Gasteiger partial charge in [0.15, 0.2) is 0 Å². The van der Waals surface area contributed by atoms with Gasteiger partial charge in [0.2, 0.25) is 5.91 Å². The normalized spacial score (nSPS) is 14.9. The smallest absolute Gasteiger partial charge is 0.236 e. The Morgan fingerprint density at radius 1 is 0.914 bits per heavy atom. The predicted octanol–water partition coefficient (Wildman–Crippen LogP) is 4.93. The molecule has 1 aliphatic rings. The minimum Gasteiger partial charge on any atom is -0.494 e. The highest BCUT2D eigenvalue weighted by Crippen LogP contribution is 2.25. The highest BCUT2D eigenvalue weighted by atomic mass is 35.5. The molecular weight excluding hydrogens is 460 g/mol. The van der Waals surface area contributed by atoms with E-state index in [1.165, 1.54) is 24.6 Å². The molecule has 2 aromatic carbocycles. The number of halogens is 1. The van der Waals surface area contributed by atoms with Gasteiger partial charge < -0.3 is 19.1 Å². The Morgan fingerprint density at radius 3 is 2.37 bits per heavy atom. The van der Waals surface area contributed by atoms with Gasteiger partial charge in [-0.2, -0.15) is 0 Å². The maximum atomic E-state index is 11.9. The lowest BCUT2D eigenvalue weighted by Gasteiger charge is -2.34. The molecule has 0 spiro atoms. The first-order chi connectivity index (χ1) is 17.0. The van der Waals surface area contributed by atoms with Crippen molar-refractivity contribution < 1.29 is 9.53 Å². The van der Waals surface area contributed by atoms with Gasteiger partial charge in [-0.05, 0) is 67.9 Å². The summed E-state index contributed by atoms with van der Waals surface area (Å²) in [5.74, 6) is 1.12. The maximum Gasteiger partial charge on any atom is 0.236 e. The predicted molar refractivity (Wildman–Crippen MR) is 144 cm³/mol. The summed E-state index contributed by atoms with van der Waals surface area (Å²) in [4.78, 5) is 18.3. The van der Waals surface area contributed by atoms with Gasteiger partial charge in [-0.1, -0.05) is 24.4 Å². The monoisotopic (exact) mass is 496 g/mol. The van der Waals surface area contributed by atoms with Gasteiger partial charge in [-0.25, -0.2) is 0 Å². The third kappa shape index (κ3) is 7.23. The number of carbonyl (C=O) groups is 1. The number of likely N-dealkylation sites (N-methyl/N-ethyl adjacent to an activating group) is 1. The zero-order chi connectivity index (χ0) is 24.6. The largest absolute Gasteiger partial charge is 0.494 e. The molecule has 0 aliphatic carbocycles. The fraction of sp³-hybridized carbons (Fsp3) is 0.464. The Bertz CT molecular complexity index is 1090. The van der Waals surface area contributed by atoms with Gasteiger partial charge in [-0.15, -0.1) is 0 Å². The summed E-state index contributed by atoms with van der Waals surface area (Å²) in [6.07, 6.45) is 6.80. The van der Waals surface area contributed by atoms with E-state index in [0.717, 1.165) is 67.7 Å². The summed E-state index contributed by atoms with van der Waals surface area (Å²) in [5, 5.41) is 1.91. The number of fused-ring (bicyclic) bond motifs is 1. The Balaban J connectivity index is 1.11. The molecule has 4 rings (SSSR count). The van der Waals surface area contributed by atoms with Crippen molar-refractivity contribution >= 4 is 28.4 Å². The number of aromatic nitrogens is 1. The van der Waals surface area contributed by atoms with E-state index in [1.807, 2.05) is 38.4 Å². The van der Waals surface area contributed by atoms with Crippen molar-refractivity contribution in [3.63, 3.8) is 0 Å². The van der Waals surface area contributed by atoms with Crippen molar-refractivity contribution in [3.05, 3.63) is 59.8 Å². The molecule has 2 heterocycles. The van der Waals surface area contributed by atoms with Crippen molar-refractivity contribution in [2.24, 2.45) is 0 Å². The van der Waals surface area contributed by atoms with Crippen LogP contribution in [0.3, 0.4) is 0 Å².